The Bertz CT molecular complexity index is 702. The standard InChI is InChI=1S/C19H24Cl2N2O3/c1-12(2)22-17(24)16-11-26-19(8-4-3-5-9-19)23(16)18(25)13-6-7-14(20)15(21)10-13/h6-7,10,12,16H,3-5,8-9,11H2,1-2H3,(H,22,24). The molecule has 1 aromatic rings. The van der Waals surface area contributed by atoms with Gasteiger partial charge in [0.05, 0.1) is 16.7 Å². The minimum atomic E-state index is -0.708. The first-order chi connectivity index (χ1) is 12.3. The number of halogens is 2. The van der Waals surface area contributed by atoms with E-state index in [1.165, 1.54) is 0 Å². The number of benzene rings is 1. The van der Waals surface area contributed by atoms with Gasteiger partial charge in [0.15, 0.2) is 0 Å². The molecule has 1 aliphatic heterocycles. The molecule has 1 heterocycles. The van der Waals surface area contributed by atoms with E-state index in [-0.39, 0.29) is 24.5 Å². The van der Waals surface area contributed by atoms with E-state index in [9.17, 15) is 9.59 Å². The van der Waals surface area contributed by atoms with Crippen LogP contribution in [0.5, 0.6) is 0 Å². The van der Waals surface area contributed by atoms with Crippen molar-refractivity contribution in [3.63, 3.8) is 0 Å². The van der Waals surface area contributed by atoms with E-state index in [0.717, 1.165) is 32.1 Å². The van der Waals surface area contributed by atoms with E-state index in [1.54, 1.807) is 23.1 Å². The molecule has 0 radical (unpaired) electrons. The van der Waals surface area contributed by atoms with Crippen molar-refractivity contribution in [2.24, 2.45) is 0 Å². The van der Waals surface area contributed by atoms with Crippen LogP contribution in [-0.2, 0) is 9.53 Å². The van der Waals surface area contributed by atoms with Crippen LogP contribution in [0.3, 0.4) is 0 Å². The molecule has 0 aromatic heterocycles. The average molecular weight is 399 g/mol. The van der Waals surface area contributed by atoms with E-state index < -0.39 is 11.8 Å². The van der Waals surface area contributed by atoms with Gasteiger partial charge in [0.1, 0.15) is 11.8 Å². The van der Waals surface area contributed by atoms with Crippen LogP contribution < -0.4 is 5.32 Å². The Morgan fingerprint density at radius 2 is 1.88 bits per heavy atom. The Labute approximate surface area is 164 Å². The third kappa shape index (κ3) is 3.71. The molecular formula is C19H24Cl2N2O3. The Kier molecular flexibility index (Phi) is 5.80. The number of nitrogens with zero attached hydrogens (tertiary/aromatic N) is 1. The van der Waals surface area contributed by atoms with E-state index in [1.807, 2.05) is 13.8 Å². The molecule has 1 unspecified atom stereocenters. The van der Waals surface area contributed by atoms with Gasteiger partial charge in [-0.2, -0.15) is 0 Å². The van der Waals surface area contributed by atoms with E-state index in [2.05, 4.69) is 5.32 Å². The maximum Gasteiger partial charge on any atom is 0.256 e. The molecule has 1 aliphatic carbocycles. The van der Waals surface area contributed by atoms with Crippen molar-refractivity contribution in [1.29, 1.82) is 0 Å². The topological polar surface area (TPSA) is 58.6 Å². The highest BCUT2D eigenvalue weighted by Crippen LogP contribution is 2.41. The minimum absolute atomic E-state index is 0.00710. The first kappa shape index (κ1) is 19.5. The fraction of sp³-hybridized carbons (Fsp3) is 0.579. The molecule has 1 saturated heterocycles. The summed E-state index contributed by atoms with van der Waals surface area (Å²) in [4.78, 5) is 27.7. The van der Waals surface area contributed by atoms with Crippen LogP contribution in [0.4, 0.5) is 0 Å². The lowest BCUT2D eigenvalue weighted by atomic mass is 9.89. The summed E-state index contributed by atoms with van der Waals surface area (Å²) >= 11 is 12.1. The fourth-order valence-electron chi connectivity index (χ4n) is 3.82. The molecule has 1 N–H and O–H groups in total. The molecule has 3 rings (SSSR count). The van der Waals surface area contributed by atoms with Crippen molar-refractivity contribution in [1.82, 2.24) is 10.2 Å². The molecule has 142 valence electrons. The Morgan fingerprint density at radius 1 is 1.19 bits per heavy atom. The zero-order valence-corrected chi connectivity index (χ0v) is 16.6. The van der Waals surface area contributed by atoms with Gasteiger partial charge in [-0.15, -0.1) is 0 Å². The molecule has 1 atom stereocenters. The third-order valence-corrected chi connectivity index (χ3v) is 5.75. The largest absolute Gasteiger partial charge is 0.353 e. The molecule has 2 fully saturated rings. The van der Waals surface area contributed by atoms with Gasteiger partial charge in [0, 0.05) is 11.6 Å². The van der Waals surface area contributed by atoms with Crippen molar-refractivity contribution >= 4 is 35.0 Å². The number of hydrogen-bond donors (Lipinski definition) is 1. The van der Waals surface area contributed by atoms with Gasteiger partial charge < -0.3 is 10.1 Å². The van der Waals surface area contributed by atoms with Gasteiger partial charge in [-0.1, -0.05) is 29.6 Å². The van der Waals surface area contributed by atoms with Crippen molar-refractivity contribution in [3.05, 3.63) is 33.8 Å². The summed E-state index contributed by atoms with van der Waals surface area (Å²) in [6, 6.07) is 4.15. The van der Waals surface area contributed by atoms with Crippen LogP contribution in [-0.4, -0.2) is 41.1 Å². The Hall–Kier alpha value is -1.30. The summed E-state index contributed by atoms with van der Waals surface area (Å²) in [5.74, 6) is -0.428. The zero-order valence-electron chi connectivity index (χ0n) is 15.1. The molecule has 0 bridgehead atoms. The van der Waals surface area contributed by atoms with Crippen LogP contribution in [0.1, 0.15) is 56.3 Å². The van der Waals surface area contributed by atoms with Gasteiger partial charge in [-0.3, -0.25) is 14.5 Å². The summed E-state index contributed by atoms with van der Waals surface area (Å²) in [6.07, 6.45) is 4.55. The van der Waals surface area contributed by atoms with Gasteiger partial charge in [0.2, 0.25) is 5.91 Å². The highest BCUT2D eigenvalue weighted by atomic mass is 35.5. The molecular weight excluding hydrogens is 375 g/mol. The molecule has 1 saturated carbocycles. The van der Waals surface area contributed by atoms with Crippen LogP contribution >= 0.6 is 23.2 Å². The number of carbonyl (C=O) groups is 2. The predicted molar refractivity (Wildman–Crippen MR) is 101 cm³/mol. The average Bonchev–Trinajstić information content (AvgIpc) is 2.95. The van der Waals surface area contributed by atoms with Gasteiger partial charge in [0.25, 0.3) is 5.91 Å². The second-order valence-corrected chi connectivity index (χ2v) is 8.12. The van der Waals surface area contributed by atoms with Crippen LogP contribution in [0.15, 0.2) is 18.2 Å². The summed E-state index contributed by atoms with van der Waals surface area (Å²) in [7, 11) is 0. The summed E-state index contributed by atoms with van der Waals surface area (Å²) < 4.78 is 6.09. The van der Waals surface area contributed by atoms with Crippen molar-refractivity contribution < 1.29 is 14.3 Å². The molecule has 1 spiro atoms. The molecule has 26 heavy (non-hydrogen) atoms. The normalized spacial score (nSPS) is 22.0. The maximum atomic E-state index is 13.3. The predicted octanol–water partition coefficient (Wildman–Crippen LogP) is 4.02. The SMILES string of the molecule is CC(C)NC(=O)C1COC2(CCCCC2)N1C(=O)c1ccc(Cl)c(Cl)c1. The van der Waals surface area contributed by atoms with E-state index in [0.29, 0.717) is 15.6 Å². The number of ether oxygens (including phenoxy) is 1. The van der Waals surface area contributed by atoms with Gasteiger partial charge >= 0.3 is 0 Å². The minimum Gasteiger partial charge on any atom is -0.353 e. The lowest BCUT2D eigenvalue weighted by molar-refractivity contribution is -0.127. The van der Waals surface area contributed by atoms with Gasteiger partial charge in [-0.05, 0) is 57.7 Å². The highest BCUT2D eigenvalue weighted by molar-refractivity contribution is 6.42. The molecule has 7 heteroatoms. The number of rotatable bonds is 3. The number of hydrogen-bond acceptors (Lipinski definition) is 3. The monoisotopic (exact) mass is 398 g/mol. The first-order valence-corrected chi connectivity index (χ1v) is 9.83. The third-order valence-electron chi connectivity index (χ3n) is 5.01. The maximum absolute atomic E-state index is 13.3. The van der Waals surface area contributed by atoms with Crippen molar-refractivity contribution in [2.75, 3.05) is 6.61 Å². The summed E-state index contributed by atoms with van der Waals surface area (Å²) in [5.41, 5.74) is -0.294. The summed E-state index contributed by atoms with van der Waals surface area (Å²) in [5, 5.41) is 3.61. The zero-order chi connectivity index (χ0) is 18.9. The fourth-order valence-corrected chi connectivity index (χ4v) is 4.12. The van der Waals surface area contributed by atoms with Crippen molar-refractivity contribution in [2.45, 2.75) is 63.8 Å². The van der Waals surface area contributed by atoms with Crippen molar-refractivity contribution in [3.8, 4) is 0 Å². The molecule has 2 amide bonds. The molecule has 1 aromatic carbocycles. The number of nitrogens with one attached hydrogen (secondary N) is 1. The first-order valence-electron chi connectivity index (χ1n) is 9.07. The van der Waals surface area contributed by atoms with Crippen LogP contribution in [0.2, 0.25) is 10.0 Å². The van der Waals surface area contributed by atoms with E-state index >= 15 is 0 Å². The highest BCUT2D eigenvalue weighted by Gasteiger charge is 2.53. The second kappa shape index (κ2) is 7.75. The van der Waals surface area contributed by atoms with Gasteiger partial charge in [-0.25, -0.2) is 0 Å². The summed E-state index contributed by atoms with van der Waals surface area (Å²) in [6.45, 7) is 4.01. The van der Waals surface area contributed by atoms with Crippen LogP contribution in [0.25, 0.3) is 0 Å². The molecule has 5 nitrogen and oxygen atoms in total. The molecule has 2 aliphatic rings. The number of amides is 2. The Balaban J connectivity index is 1.95. The quantitative estimate of drug-likeness (QED) is 0.835. The number of carbonyl (C=O) groups excluding carboxylic acids is 2. The van der Waals surface area contributed by atoms with Crippen LogP contribution in [0, 0.1) is 0 Å². The smallest absolute Gasteiger partial charge is 0.256 e. The lowest BCUT2D eigenvalue weighted by Crippen LogP contribution is -2.57. The second-order valence-electron chi connectivity index (χ2n) is 7.30. The lowest BCUT2D eigenvalue weighted by Gasteiger charge is -2.41. The Morgan fingerprint density at radius 3 is 2.50 bits per heavy atom. The van der Waals surface area contributed by atoms with E-state index in [4.69, 9.17) is 27.9 Å².